The summed E-state index contributed by atoms with van der Waals surface area (Å²) in [6.45, 7) is 1.70. The largest absolute Gasteiger partial charge is 0.324 e. The van der Waals surface area contributed by atoms with Gasteiger partial charge in [0.1, 0.15) is 18.2 Å². The van der Waals surface area contributed by atoms with Crippen LogP contribution in [0.15, 0.2) is 65.5 Å². The van der Waals surface area contributed by atoms with Crippen molar-refractivity contribution in [3.05, 3.63) is 82.5 Å². The highest BCUT2D eigenvalue weighted by atomic mass is 19.1. The van der Waals surface area contributed by atoms with Crippen molar-refractivity contribution in [2.24, 2.45) is 0 Å². The van der Waals surface area contributed by atoms with Gasteiger partial charge in [-0.25, -0.2) is 9.37 Å². The van der Waals surface area contributed by atoms with E-state index in [0.717, 1.165) is 5.56 Å². The molecular formula is C20H18FN3O2. The zero-order valence-corrected chi connectivity index (χ0v) is 14.3. The minimum absolute atomic E-state index is 0.212. The van der Waals surface area contributed by atoms with Crippen molar-refractivity contribution in [1.29, 1.82) is 0 Å². The van der Waals surface area contributed by atoms with E-state index >= 15 is 0 Å². The summed E-state index contributed by atoms with van der Waals surface area (Å²) in [5, 5.41) is 2.60. The molecule has 0 unspecified atom stereocenters. The lowest BCUT2D eigenvalue weighted by molar-refractivity contribution is -0.116. The molecule has 0 aliphatic carbocycles. The van der Waals surface area contributed by atoms with Crippen LogP contribution in [-0.4, -0.2) is 15.5 Å². The monoisotopic (exact) mass is 351 g/mol. The summed E-state index contributed by atoms with van der Waals surface area (Å²) in [6, 6.07) is 16.3. The van der Waals surface area contributed by atoms with Gasteiger partial charge in [0.2, 0.25) is 5.91 Å². The predicted molar refractivity (Wildman–Crippen MR) is 98.3 cm³/mol. The number of nitrogens with one attached hydrogen (secondary N) is 1. The lowest BCUT2D eigenvalue weighted by atomic mass is 10.2. The number of aromatic nitrogens is 2. The molecule has 6 heteroatoms. The van der Waals surface area contributed by atoms with Crippen molar-refractivity contribution < 1.29 is 9.18 Å². The fourth-order valence-electron chi connectivity index (χ4n) is 2.61. The molecule has 0 atom stereocenters. The Morgan fingerprint density at radius 1 is 1.12 bits per heavy atom. The highest BCUT2D eigenvalue weighted by Gasteiger charge is 2.14. The molecule has 0 fully saturated rings. The van der Waals surface area contributed by atoms with Crippen molar-refractivity contribution in [3.8, 4) is 11.4 Å². The van der Waals surface area contributed by atoms with E-state index in [9.17, 15) is 14.0 Å². The first-order chi connectivity index (χ1) is 12.6. The van der Waals surface area contributed by atoms with Gasteiger partial charge in [-0.2, -0.15) is 0 Å². The zero-order chi connectivity index (χ0) is 18.5. The van der Waals surface area contributed by atoms with Gasteiger partial charge in [-0.05, 0) is 24.6 Å². The molecule has 26 heavy (non-hydrogen) atoms. The molecule has 1 N–H and O–H groups in total. The van der Waals surface area contributed by atoms with Crippen molar-refractivity contribution in [2.75, 3.05) is 5.32 Å². The highest BCUT2D eigenvalue weighted by molar-refractivity contribution is 5.90. The highest BCUT2D eigenvalue weighted by Crippen LogP contribution is 2.16. The molecule has 1 aromatic heterocycles. The van der Waals surface area contributed by atoms with Gasteiger partial charge in [-0.15, -0.1) is 0 Å². The maximum atomic E-state index is 13.3. The number of hydrogen-bond donors (Lipinski definition) is 1. The Morgan fingerprint density at radius 2 is 1.88 bits per heavy atom. The van der Waals surface area contributed by atoms with Crippen LogP contribution in [-0.2, 0) is 17.8 Å². The summed E-state index contributed by atoms with van der Waals surface area (Å²) >= 11 is 0. The summed E-state index contributed by atoms with van der Waals surface area (Å²) in [5.41, 5.74) is 1.45. The SMILES string of the molecule is CCc1cc(=O)n(CC(=O)Nc2cccc(F)c2)c(-c2ccccc2)n1. The third-order valence-corrected chi connectivity index (χ3v) is 3.87. The zero-order valence-electron chi connectivity index (χ0n) is 14.3. The lowest BCUT2D eigenvalue weighted by Gasteiger charge is -2.13. The summed E-state index contributed by atoms with van der Waals surface area (Å²) in [7, 11) is 0. The average Bonchev–Trinajstić information content (AvgIpc) is 2.64. The predicted octanol–water partition coefficient (Wildman–Crippen LogP) is 3.25. The van der Waals surface area contributed by atoms with Gasteiger partial charge in [0.25, 0.3) is 5.56 Å². The first kappa shape index (κ1) is 17.5. The van der Waals surface area contributed by atoms with Crippen LogP contribution in [0.2, 0.25) is 0 Å². The van der Waals surface area contributed by atoms with Crippen LogP contribution >= 0.6 is 0 Å². The van der Waals surface area contributed by atoms with Crippen molar-refractivity contribution in [1.82, 2.24) is 9.55 Å². The summed E-state index contributed by atoms with van der Waals surface area (Å²) < 4.78 is 14.6. The number of nitrogens with zero attached hydrogens (tertiary/aromatic N) is 2. The Balaban J connectivity index is 1.94. The Bertz CT molecular complexity index is 984. The van der Waals surface area contributed by atoms with Gasteiger partial charge in [-0.1, -0.05) is 43.3 Å². The average molecular weight is 351 g/mol. The summed E-state index contributed by atoms with van der Waals surface area (Å²) in [6.07, 6.45) is 0.616. The second-order valence-corrected chi connectivity index (χ2v) is 5.77. The van der Waals surface area contributed by atoms with Crippen LogP contribution in [0.3, 0.4) is 0 Å². The van der Waals surface area contributed by atoms with Crippen molar-refractivity contribution >= 4 is 11.6 Å². The number of carbonyl (C=O) groups excluding carboxylic acids is 1. The van der Waals surface area contributed by atoms with Crippen molar-refractivity contribution in [3.63, 3.8) is 0 Å². The smallest absolute Gasteiger partial charge is 0.254 e. The van der Waals surface area contributed by atoms with Gasteiger partial charge < -0.3 is 5.32 Å². The minimum Gasteiger partial charge on any atom is -0.324 e. The molecule has 2 aromatic carbocycles. The fraction of sp³-hybridized carbons (Fsp3) is 0.150. The Labute approximate surface area is 150 Å². The van der Waals surface area contributed by atoms with Gasteiger partial charge >= 0.3 is 0 Å². The van der Waals surface area contributed by atoms with Crippen LogP contribution in [0.25, 0.3) is 11.4 Å². The normalized spacial score (nSPS) is 10.5. The first-order valence-electron chi connectivity index (χ1n) is 8.28. The van der Waals surface area contributed by atoms with Gasteiger partial charge in [0.05, 0.1) is 0 Å². The number of benzene rings is 2. The molecule has 0 saturated heterocycles. The third-order valence-electron chi connectivity index (χ3n) is 3.87. The molecule has 0 aliphatic heterocycles. The fourth-order valence-corrected chi connectivity index (χ4v) is 2.61. The topological polar surface area (TPSA) is 64.0 Å². The number of rotatable bonds is 5. The third kappa shape index (κ3) is 4.03. The molecule has 132 valence electrons. The minimum atomic E-state index is -0.445. The van der Waals surface area contributed by atoms with Gasteiger partial charge in [0.15, 0.2) is 0 Å². The van der Waals surface area contributed by atoms with Gasteiger partial charge in [-0.3, -0.25) is 14.2 Å². The number of halogens is 1. The quantitative estimate of drug-likeness (QED) is 0.767. The van der Waals surface area contributed by atoms with E-state index in [1.165, 1.54) is 28.8 Å². The molecule has 3 rings (SSSR count). The Kier molecular flexibility index (Phi) is 5.22. The number of carbonyl (C=O) groups is 1. The number of aryl methyl sites for hydroxylation is 1. The number of hydrogen-bond acceptors (Lipinski definition) is 3. The molecule has 0 bridgehead atoms. The van der Waals surface area contributed by atoms with Crippen LogP contribution in [0.4, 0.5) is 10.1 Å². The molecule has 0 spiro atoms. The molecule has 0 radical (unpaired) electrons. The molecule has 3 aromatic rings. The van der Waals surface area contributed by atoms with E-state index < -0.39 is 11.7 Å². The van der Waals surface area contributed by atoms with Crippen LogP contribution in [0.5, 0.6) is 0 Å². The summed E-state index contributed by atoms with van der Waals surface area (Å²) in [4.78, 5) is 29.4. The first-order valence-corrected chi connectivity index (χ1v) is 8.28. The molecular weight excluding hydrogens is 333 g/mol. The van der Waals surface area contributed by atoms with Gasteiger partial charge in [0, 0.05) is 23.0 Å². The Morgan fingerprint density at radius 3 is 2.58 bits per heavy atom. The standard InChI is InChI=1S/C20H18FN3O2/c1-2-16-12-19(26)24(20(23-16)14-7-4-3-5-8-14)13-18(25)22-17-10-6-9-15(21)11-17/h3-12H,2,13H2,1H3,(H,22,25). The van der Waals surface area contributed by atoms with E-state index in [1.54, 1.807) is 6.07 Å². The lowest BCUT2D eigenvalue weighted by Crippen LogP contribution is -2.30. The molecule has 1 heterocycles. The van der Waals surface area contributed by atoms with E-state index in [4.69, 9.17) is 0 Å². The molecule has 1 amide bonds. The van der Waals surface area contributed by atoms with E-state index in [2.05, 4.69) is 10.3 Å². The molecule has 0 aliphatic rings. The maximum Gasteiger partial charge on any atom is 0.254 e. The van der Waals surface area contributed by atoms with Crippen LogP contribution in [0.1, 0.15) is 12.6 Å². The molecule has 5 nitrogen and oxygen atoms in total. The maximum absolute atomic E-state index is 13.3. The van der Waals surface area contributed by atoms with E-state index in [0.29, 0.717) is 23.6 Å². The van der Waals surface area contributed by atoms with Crippen molar-refractivity contribution in [2.45, 2.75) is 19.9 Å². The summed E-state index contributed by atoms with van der Waals surface area (Å²) in [5.74, 6) is -0.441. The second kappa shape index (κ2) is 7.74. The number of amides is 1. The van der Waals surface area contributed by atoms with E-state index in [1.807, 2.05) is 37.3 Å². The van der Waals surface area contributed by atoms with Crippen LogP contribution in [0, 0.1) is 5.82 Å². The number of anilines is 1. The van der Waals surface area contributed by atoms with E-state index in [-0.39, 0.29) is 12.1 Å². The van der Waals surface area contributed by atoms with Crippen LogP contribution < -0.4 is 10.9 Å². The second-order valence-electron chi connectivity index (χ2n) is 5.77. The molecule has 0 saturated carbocycles. The Hall–Kier alpha value is -3.28.